The van der Waals surface area contributed by atoms with Crippen molar-refractivity contribution in [2.24, 2.45) is 14.1 Å². The van der Waals surface area contributed by atoms with Crippen LogP contribution < -0.4 is 16.4 Å². The van der Waals surface area contributed by atoms with Gasteiger partial charge in [0.05, 0.1) is 5.97 Å². The molecule has 0 saturated carbocycles. The van der Waals surface area contributed by atoms with Crippen LogP contribution in [0.3, 0.4) is 0 Å². The molecule has 0 aromatic carbocycles. The van der Waals surface area contributed by atoms with E-state index >= 15 is 0 Å². The van der Waals surface area contributed by atoms with Crippen molar-refractivity contribution < 1.29 is 9.90 Å². The molecule has 0 amide bonds. The lowest BCUT2D eigenvalue weighted by atomic mass is 10.3. The van der Waals surface area contributed by atoms with Crippen molar-refractivity contribution in [1.82, 2.24) is 19.1 Å². The van der Waals surface area contributed by atoms with E-state index in [1.54, 1.807) is 0 Å². The van der Waals surface area contributed by atoms with Gasteiger partial charge < -0.3 is 9.90 Å². The zero-order chi connectivity index (χ0) is 15.7. The van der Waals surface area contributed by atoms with Crippen molar-refractivity contribution in [2.75, 3.05) is 5.75 Å². The third-order valence-electron chi connectivity index (χ3n) is 2.96. The topological polar surface area (TPSA) is 110 Å². The van der Waals surface area contributed by atoms with E-state index in [4.69, 9.17) is 0 Å². The van der Waals surface area contributed by atoms with Gasteiger partial charge in [-0.2, -0.15) is 0 Å². The van der Waals surface area contributed by atoms with Gasteiger partial charge in [0.2, 0.25) is 0 Å². The number of carboxylic acids is 1. The maximum Gasteiger partial charge on any atom is 0.332 e. The molecular formula is C12H13N4O4S-. The highest BCUT2D eigenvalue weighted by atomic mass is 32.2. The molecule has 2 aromatic rings. The second-order valence-electron chi connectivity index (χ2n) is 4.36. The Labute approximate surface area is 123 Å². The number of aliphatic carboxylic acids is 1. The third kappa shape index (κ3) is 2.68. The number of rotatable bonds is 4. The van der Waals surface area contributed by atoms with Crippen LogP contribution in [0.5, 0.6) is 0 Å². The predicted octanol–water partition coefficient (Wildman–Crippen LogP) is -1.57. The van der Waals surface area contributed by atoms with Crippen molar-refractivity contribution in [2.45, 2.75) is 18.4 Å². The number of aryl methyl sites for hydroxylation is 2. The smallest absolute Gasteiger partial charge is 0.332 e. The molecule has 0 unspecified atom stereocenters. The zero-order valence-electron chi connectivity index (χ0n) is 11.7. The van der Waals surface area contributed by atoms with Gasteiger partial charge in [0, 0.05) is 26.3 Å². The molecule has 0 bridgehead atoms. The van der Waals surface area contributed by atoms with Crippen LogP contribution >= 0.6 is 11.8 Å². The van der Waals surface area contributed by atoms with E-state index in [1.165, 1.54) is 18.7 Å². The van der Waals surface area contributed by atoms with Gasteiger partial charge in [-0.3, -0.25) is 13.9 Å². The minimum absolute atomic E-state index is 0.142. The molecule has 0 aliphatic rings. The van der Waals surface area contributed by atoms with Gasteiger partial charge in [-0.1, -0.05) is 18.7 Å². The Morgan fingerprint density at radius 1 is 1.24 bits per heavy atom. The summed E-state index contributed by atoms with van der Waals surface area (Å²) in [4.78, 5) is 43.2. The van der Waals surface area contributed by atoms with Crippen molar-refractivity contribution in [3.05, 3.63) is 26.7 Å². The second kappa shape index (κ2) is 5.68. The molecule has 0 N–H and O–H groups in total. The Morgan fingerprint density at radius 2 is 1.90 bits per heavy atom. The van der Waals surface area contributed by atoms with Crippen LogP contribution in [0.4, 0.5) is 0 Å². The SMILES string of the molecule is CCc1nc(SCC(=O)[O-])c2c(=O)n(C)c(=O)n(C)c2n1. The van der Waals surface area contributed by atoms with Crippen LogP contribution in [0.1, 0.15) is 12.7 Å². The minimum Gasteiger partial charge on any atom is -0.549 e. The van der Waals surface area contributed by atoms with Crippen LogP contribution in [0, 0.1) is 0 Å². The highest BCUT2D eigenvalue weighted by molar-refractivity contribution is 8.00. The Hall–Kier alpha value is -2.16. The number of carbonyl (C=O) groups excluding carboxylic acids is 1. The molecule has 2 heterocycles. The highest BCUT2D eigenvalue weighted by Gasteiger charge is 2.16. The van der Waals surface area contributed by atoms with Gasteiger partial charge in [-0.25, -0.2) is 14.8 Å². The summed E-state index contributed by atoms with van der Waals surface area (Å²) in [6, 6.07) is 0. The molecule has 0 aliphatic heterocycles. The van der Waals surface area contributed by atoms with Crippen LogP contribution in [-0.4, -0.2) is 30.8 Å². The third-order valence-corrected chi connectivity index (χ3v) is 3.90. The van der Waals surface area contributed by atoms with E-state index in [-0.39, 0.29) is 21.8 Å². The standard InChI is InChI=1S/C12H14N4O4S/c1-4-6-13-9-8(10(14-6)21-5-7(17)18)11(19)16(3)12(20)15(9)2/h4-5H2,1-3H3,(H,17,18)/p-1. The summed E-state index contributed by atoms with van der Waals surface area (Å²) in [5.41, 5.74) is -0.837. The van der Waals surface area contributed by atoms with E-state index in [0.29, 0.717) is 12.2 Å². The first-order chi connectivity index (χ1) is 9.86. The predicted molar refractivity (Wildman–Crippen MR) is 75.1 cm³/mol. The largest absolute Gasteiger partial charge is 0.549 e. The number of carbonyl (C=O) groups is 1. The summed E-state index contributed by atoms with van der Waals surface area (Å²) in [7, 11) is 2.86. The zero-order valence-corrected chi connectivity index (χ0v) is 12.6. The number of nitrogens with zero attached hydrogens (tertiary/aromatic N) is 4. The number of hydrogen-bond donors (Lipinski definition) is 0. The van der Waals surface area contributed by atoms with Gasteiger partial charge in [0.1, 0.15) is 16.2 Å². The normalized spacial score (nSPS) is 11.0. The van der Waals surface area contributed by atoms with E-state index in [0.717, 1.165) is 16.3 Å². The lowest BCUT2D eigenvalue weighted by Crippen LogP contribution is -2.38. The van der Waals surface area contributed by atoms with E-state index in [2.05, 4.69) is 9.97 Å². The molecule has 0 aliphatic carbocycles. The van der Waals surface area contributed by atoms with Gasteiger partial charge in [-0.15, -0.1) is 0 Å². The average molecular weight is 309 g/mol. The first-order valence-electron chi connectivity index (χ1n) is 6.16. The molecule has 112 valence electrons. The summed E-state index contributed by atoms with van der Waals surface area (Å²) in [6.07, 6.45) is 0.498. The number of thioether (sulfide) groups is 1. The van der Waals surface area contributed by atoms with Crippen LogP contribution in [-0.2, 0) is 25.3 Å². The Balaban J connectivity index is 2.86. The Bertz CT molecular complexity index is 840. The number of aromatic nitrogens is 4. The fourth-order valence-electron chi connectivity index (χ4n) is 1.86. The first-order valence-corrected chi connectivity index (χ1v) is 7.14. The van der Waals surface area contributed by atoms with E-state index in [9.17, 15) is 19.5 Å². The van der Waals surface area contributed by atoms with Crippen molar-refractivity contribution in [3.8, 4) is 0 Å². The molecule has 2 aromatic heterocycles. The van der Waals surface area contributed by atoms with Crippen LogP contribution in [0.2, 0.25) is 0 Å². The molecule has 9 heteroatoms. The first kappa shape index (κ1) is 15.2. The lowest BCUT2D eigenvalue weighted by Gasteiger charge is -2.11. The van der Waals surface area contributed by atoms with Crippen LogP contribution in [0.25, 0.3) is 11.0 Å². The molecule has 0 atom stereocenters. The van der Waals surface area contributed by atoms with Gasteiger partial charge in [0.25, 0.3) is 5.56 Å². The maximum atomic E-state index is 12.3. The van der Waals surface area contributed by atoms with Crippen molar-refractivity contribution in [1.29, 1.82) is 0 Å². The lowest BCUT2D eigenvalue weighted by molar-refractivity contribution is -0.301. The molecule has 8 nitrogen and oxygen atoms in total. The number of hydrogen-bond acceptors (Lipinski definition) is 7. The van der Waals surface area contributed by atoms with Gasteiger partial charge in [-0.05, 0) is 0 Å². The molecule has 0 saturated heterocycles. The molecule has 0 spiro atoms. The van der Waals surface area contributed by atoms with Crippen molar-refractivity contribution in [3.63, 3.8) is 0 Å². The van der Waals surface area contributed by atoms with Crippen LogP contribution in [0.15, 0.2) is 14.6 Å². The van der Waals surface area contributed by atoms with Crippen molar-refractivity contribution >= 4 is 28.8 Å². The summed E-state index contributed by atoms with van der Waals surface area (Å²) in [5, 5.41) is 11.0. The molecular weight excluding hydrogens is 296 g/mol. The summed E-state index contributed by atoms with van der Waals surface area (Å²) in [5.74, 6) is -1.15. The van der Waals surface area contributed by atoms with Gasteiger partial charge >= 0.3 is 5.69 Å². The minimum atomic E-state index is -1.26. The average Bonchev–Trinajstić information content (AvgIpc) is 2.47. The monoisotopic (exact) mass is 309 g/mol. The molecule has 2 rings (SSSR count). The van der Waals surface area contributed by atoms with E-state index in [1.807, 2.05) is 6.92 Å². The fraction of sp³-hybridized carbons (Fsp3) is 0.417. The summed E-state index contributed by atoms with van der Waals surface area (Å²) < 4.78 is 2.20. The highest BCUT2D eigenvalue weighted by Crippen LogP contribution is 2.21. The quantitative estimate of drug-likeness (QED) is 0.496. The maximum absolute atomic E-state index is 12.3. The Morgan fingerprint density at radius 3 is 2.48 bits per heavy atom. The summed E-state index contributed by atoms with van der Waals surface area (Å²) in [6.45, 7) is 1.83. The fourth-order valence-corrected chi connectivity index (χ4v) is 2.61. The molecule has 0 fully saturated rings. The molecule has 21 heavy (non-hydrogen) atoms. The second-order valence-corrected chi connectivity index (χ2v) is 5.33. The number of carboxylic acid groups (broad SMARTS) is 1. The van der Waals surface area contributed by atoms with E-state index < -0.39 is 17.2 Å². The number of fused-ring (bicyclic) bond motifs is 1. The molecule has 0 radical (unpaired) electrons. The Kier molecular flexibility index (Phi) is 4.12. The summed E-state index contributed by atoms with van der Waals surface area (Å²) >= 11 is 0.883. The van der Waals surface area contributed by atoms with Gasteiger partial charge in [0.15, 0.2) is 5.65 Å².